The molecule has 0 saturated heterocycles. The van der Waals surface area contributed by atoms with Crippen molar-refractivity contribution in [3.05, 3.63) is 102 Å². The normalized spacial score (nSPS) is 12.0. The van der Waals surface area contributed by atoms with Crippen molar-refractivity contribution in [2.75, 3.05) is 0 Å². The molecule has 2 aromatic heterocycles. The fourth-order valence-electron chi connectivity index (χ4n) is 2.58. The smallest absolute Gasteiger partial charge is 0.266 e. The zero-order valence-corrected chi connectivity index (χ0v) is 14.5. The van der Waals surface area contributed by atoms with Crippen LogP contribution in [-0.4, -0.2) is 14.6 Å². The maximum absolute atomic E-state index is 13.8. The molecule has 0 aliphatic heterocycles. The molecule has 0 aliphatic rings. The van der Waals surface area contributed by atoms with E-state index in [0.717, 1.165) is 15.9 Å². The minimum atomic E-state index is -0.557. The molecule has 0 saturated carbocycles. The highest BCUT2D eigenvalue weighted by atomic mass is 32.1. The number of nitrogens with zero attached hydrogens (tertiary/aromatic N) is 3. The summed E-state index contributed by atoms with van der Waals surface area (Å²) in [7, 11) is 0. The van der Waals surface area contributed by atoms with Gasteiger partial charge in [0.1, 0.15) is 17.3 Å². The van der Waals surface area contributed by atoms with E-state index in [9.17, 15) is 18.4 Å². The molecule has 8 heteroatoms. The molecule has 4 aromatic rings. The SMILES string of the molecule is O=c1nc2sc(=Cc3ccccc3F)c(=O)n2nc1Cc1ccc(F)cc1. The second-order valence-corrected chi connectivity index (χ2v) is 6.81. The Labute approximate surface area is 154 Å². The van der Waals surface area contributed by atoms with Gasteiger partial charge in [-0.05, 0) is 29.8 Å². The van der Waals surface area contributed by atoms with Crippen LogP contribution < -0.4 is 15.7 Å². The summed E-state index contributed by atoms with van der Waals surface area (Å²) in [5.41, 5.74) is -0.0326. The number of fused-ring (bicyclic) bond motifs is 1. The number of hydrogen-bond acceptors (Lipinski definition) is 5. The first kappa shape index (κ1) is 17.2. The highest BCUT2D eigenvalue weighted by Gasteiger charge is 2.12. The summed E-state index contributed by atoms with van der Waals surface area (Å²) < 4.78 is 28.1. The first-order valence-corrected chi connectivity index (χ1v) is 8.76. The molecule has 5 nitrogen and oxygen atoms in total. The van der Waals surface area contributed by atoms with Crippen LogP contribution in [-0.2, 0) is 6.42 Å². The van der Waals surface area contributed by atoms with Crippen LogP contribution >= 0.6 is 11.3 Å². The molecule has 0 fully saturated rings. The maximum Gasteiger partial charge on any atom is 0.296 e. The number of thiazole rings is 1. The van der Waals surface area contributed by atoms with Gasteiger partial charge in [0.15, 0.2) is 0 Å². The van der Waals surface area contributed by atoms with Gasteiger partial charge >= 0.3 is 0 Å². The van der Waals surface area contributed by atoms with Gasteiger partial charge in [-0.25, -0.2) is 8.78 Å². The van der Waals surface area contributed by atoms with Crippen molar-refractivity contribution in [1.29, 1.82) is 0 Å². The molecule has 0 radical (unpaired) electrons. The Bertz CT molecular complexity index is 1310. The van der Waals surface area contributed by atoms with Crippen molar-refractivity contribution in [2.24, 2.45) is 0 Å². The summed E-state index contributed by atoms with van der Waals surface area (Å²) >= 11 is 0.964. The summed E-state index contributed by atoms with van der Waals surface area (Å²) in [5, 5.41) is 4.11. The number of aromatic nitrogens is 3. The van der Waals surface area contributed by atoms with E-state index in [1.807, 2.05) is 0 Å². The zero-order valence-electron chi connectivity index (χ0n) is 13.7. The topological polar surface area (TPSA) is 64.3 Å². The van der Waals surface area contributed by atoms with Crippen LogP contribution in [0.15, 0.2) is 58.1 Å². The van der Waals surface area contributed by atoms with E-state index in [0.29, 0.717) is 5.56 Å². The summed E-state index contributed by atoms with van der Waals surface area (Å²) in [4.78, 5) is 28.8. The van der Waals surface area contributed by atoms with Crippen molar-refractivity contribution in [3.8, 4) is 0 Å². The third kappa shape index (κ3) is 3.39. The van der Waals surface area contributed by atoms with Gasteiger partial charge in [0, 0.05) is 12.0 Å². The predicted molar refractivity (Wildman–Crippen MR) is 97.8 cm³/mol. The fourth-order valence-corrected chi connectivity index (χ4v) is 3.48. The standard InChI is InChI=1S/C19H11F2N3O2S/c20-13-7-5-11(6-8-13)9-15-17(25)22-19-24(23-15)18(26)16(27-19)10-12-3-1-2-4-14(12)21/h1-8,10H,9H2. The van der Waals surface area contributed by atoms with Crippen molar-refractivity contribution in [3.63, 3.8) is 0 Å². The van der Waals surface area contributed by atoms with Crippen molar-refractivity contribution in [2.45, 2.75) is 6.42 Å². The number of benzene rings is 2. The Morgan fingerprint density at radius 1 is 1.04 bits per heavy atom. The summed E-state index contributed by atoms with van der Waals surface area (Å²) in [6.45, 7) is 0. The highest BCUT2D eigenvalue weighted by Crippen LogP contribution is 2.08. The van der Waals surface area contributed by atoms with Crippen LogP contribution in [0.3, 0.4) is 0 Å². The van der Waals surface area contributed by atoms with Gasteiger partial charge < -0.3 is 0 Å². The molecule has 0 amide bonds. The Hall–Kier alpha value is -3.26. The Morgan fingerprint density at radius 2 is 1.78 bits per heavy atom. The molecule has 0 bridgehead atoms. The average Bonchev–Trinajstić information content (AvgIpc) is 2.94. The molecule has 0 N–H and O–H groups in total. The molecule has 0 aliphatic carbocycles. The van der Waals surface area contributed by atoms with E-state index in [1.165, 1.54) is 36.4 Å². The molecule has 4 rings (SSSR count). The molecule has 2 heterocycles. The molecule has 27 heavy (non-hydrogen) atoms. The molecule has 0 atom stereocenters. The van der Waals surface area contributed by atoms with Gasteiger partial charge in [-0.2, -0.15) is 14.6 Å². The van der Waals surface area contributed by atoms with Crippen LogP contribution in [0.4, 0.5) is 8.78 Å². The van der Waals surface area contributed by atoms with Crippen molar-refractivity contribution in [1.82, 2.24) is 14.6 Å². The van der Waals surface area contributed by atoms with E-state index < -0.39 is 16.9 Å². The molecule has 134 valence electrons. The molecular formula is C19H11F2N3O2S. The lowest BCUT2D eigenvalue weighted by molar-refractivity contribution is 0.625. The van der Waals surface area contributed by atoms with E-state index in [4.69, 9.17) is 0 Å². The summed E-state index contributed by atoms with van der Waals surface area (Å²) in [6.07, 6.45) is 1.53. The quantitative estimate of drug-likeness (QED) is 0.542. The minimum absolute atomic E-state index is 0.0754. The van der Waals surface area contributed by atoms with Gasteiger partial charge in [0.25, 0.3) is 11.1 Å². The highest BCUT2D eigenvalue weighted by molar-refractivity contribution is 7.15. The largest absolute Gasteiger partial charge is 0.296 e. The fraction of sp³-hybridized carbons (Fsp3) is 0.0526. The van der Waals surface area contributed by atoms with Crippen LogP contribution in [0, 0.1) is 11.6 Å². The van der Waals surface area contributed by atoms with Gasteiger partial charge in [-0.1, -0.05) is 41.7 Å². The van der Waals surface area contributed by atoms with Gasteiger partial charge in [0.05, 0.1) is 4.53 Å². The number of hydrogen-bond donors (Lipinski definition) is 0. The third-order valence-electron chi connectivity index (χ3n) is 3.93. The second-order valence-electron chi connectivity index (χ2n) is 5.80. The first-order chi connectivity index (χ1) is 13.0. The lowest BCUT2D eigenvalue weighted by Gasteiger charge is -2.00. The number of rotatable bonds is 3. The second kappa shape index (κ2) is 6.81. The minimum Gasteiger partial charge on any atom is -0.266 e. The molecular weight excluding hydrogens is 372 g/mol. The molecule has 2 aromatic carbocycles. The van der Waals surface area contributed by atoms with E-state index >= 15 is 0 Å². The van der Waals surface area contributed by atoms with Gasteiger partial charge in [-0.15, -0.1) is 0 Å². The van der Waals surface area contributed by atoms with Crippen LogP contribution in [0.1, 0.15) is 16.8 Å². The maximum atomic E-state index is 13.8. The lowest BCUT2D eigenvalue weighted by Crippen LogP contribution is -2.28. The first-order valence-electron chi connectivity index (χ1n) is 7.95. The zero-order chi connectivity index (χ0) is 19.0. The van der Waals surface area contributed by atoms with Gasteiger partial charge in [-0.3, -0.25) is 9.59 Å². The average molecular weight is 383 g/mol. The van der Waals surface area contributed by atoms with Crippen LogP contribution in [0.2, 0.25) is 0 Å². The number of halogens is 2. The Kier molecular flexibility index (Phi) is 4.33. The summed E-state index contributed by atoms with van der Waals surface area (Å²) in [5.74, 6) is -0.841. The van der Waals surface area contributed by atoms with Crippen molar-refractivity contribution >= 4 is 22.4 Å². The Balaban J connectivity index is 1.82. The van der Waals surface area contributed by atoms with E-state index in [1.54, 1.807) is 18.2 Å². The Morgan fingerprint density at radius 3 is 2.52 bits per heavy atom. The van der Waals surface area contributed by atoms with Crippen LogP contribution in [0.5, 0.6) is 0 Å². The monoisotopic (exact) mass is 383 g/mol. The van der Waals surface area contributed by atoms with Gasteiger partial charge in [0.2, 0.25) is 4.96 Å². The predicted octanol–water partition coefficient (Wildman–Crippen LogP) is 1.93. The van der Waals surface area contributed by atoms with Crippen LogP contribution in [0.25, 0.3) is 11.0 Å². The van der Waals surface area contributed by atoms with Crippen molar-refractivity contribution < 1.29 is 8.78 Å². The lowest BCUT2D eigenvalue weighted by atomic mass is 10.1. The molecule has 0 spiro atoms. The van der Waals surface area contributed by atoms with E-state index in [2.05, 4.69) is 10.1 Å². The molecule has 0 unspecified atom stereocenters. The third-order valence-corrected chi connectivity index (χ3v) is 4.89. The van der Waals surface area contributed by atoms with E-state index in [-0.39, 0.29) is 33.0 Å². The summed E-state index contributed by atoms with van der Waals surface area (Å²) in [6, 6.07) is 11.7.